The summed E-state index contributed by atoms with van der Waals surface area (Å²) in [5, 5.41) is 15.5. The molecule has 1 aromatic carbocycles. The number of hydrogen-bond donors (Lipinski definition) is 1. The van der Waals surface area contributed by atoms with Crippen molar-refractivity contribution in [2.75, 3.05) is 7.11 Å². The van der Waals surface area contributed by atoms with Gasteiger partial charge in [-0.1, -0.05) is 6.07 Å². The highest BCUT2D eigenvalue weighted by molar-refractivity contribution is 7.09. The molecular formula is C18H21N2O5S-. The first-order chi connectivity index (χ1) is 12.4. The van der Waals surface area contributed by atoms with Gasteiger partial charge in [-0.3, -0.25) is 4.79 Å². The van der Waals surface area contributed by atoms with Crippen LogP contribution in [0.5, 0.6) is 11.5 Å². The van der Waals surface area contributed by atoms with Crippen LogP contribution in [0.1, 0.15) is 30.1 Å². The van der Waals surface area contributed by atoms with E-state index in [0.29, 0.717) is 28.7 Å². The molecule has 1 heterocycles. The second kappa shape index (κ2) is 9.19. The number of nitrogens with zero attached hydrogens (tertiary/aromatic N) is 1. The molecule has 0 bridgehead atoms. The smallest absolute Gasteiger partial charge is 0.227 e. The minimum atomic E-state index is -1.19. The number of methoxy groups -OCH3 is 1. The van der Waals surface area contributed by atoms with Gasteiger partial charge in [0, 0.05) is 24.3 Å². The largest absolute Gasteiger partial charge is 0.550 e. The highest BCUT2D eigenvalue weighted by Gasteiger charge is 2.10. The fourth-order valence-corrected chi connectivity index (χ4v) is 3.03. The molecule has 140 valence electrons. The number of hydrogen-bond acceptors (Lipinski definition) is 7. The van der Waals surface area contributed by atoms with E-state index in [1.54, 1.807) is 12.5 Å². The second-order valence-corrected chi connectivity index (χ2v) is 6.83. The van der Waals surface area contributed by atoms with Crippen molar-refractivity contribution in [1.29, 1.82) is 0 Å². The van der Waals surface area contributed by atoms with Crippen LogP contribution in [0.25, 0.3) is 0 Å². The number of amides is 1. The quantitative estimate of drug-likeness (QED) is 0.702. The van der Waals surface area contributed by atoms with Crippen molar-refractivity contribution in [3.63, 3.8) is 0 Å². The van der Waals surface area contributed by atoms with E-state index in [2.05, 4.69) is 10.3 Å². The number of carbonyl (C=O) groups excluding carboxylic acids is 2. The first-order valence-electron chi connectivity index (χ1n) is 8.10. The molecule has 0 aliphatic heterocycles. The summed E-state index contributed by atoms with van der Waals surface area (Å²) < 4.78 is 11.0. The molecule has 1 aromatic heterocycles. The van der Waals surface area contributed by atoms with Gasteiger partial charge in [-0.15, -0.1) is 11.3 Å². The van der Waals surface area contributed by atoms with Crippen molar-refractivity contribution < 1.29 is 24.2 Å². The number of aliphatic carboxylic acids is 1. The van der Waals surface area contributed by atoms with Gasteiger partial charge in [0.15, 0.2) is 11.5 Å². The number of rotatable bonds is 9. The fraction of sp³-hybridized carbons (Fsp3) is 0.389. The van der Waals surface area contributed by atoms with E-state index in [0.717, 1.165) is 5.56 Å². The van der Waals surface area contributed by atoms with E-state index in [4.69, 9.17) is 9.47 Å². The Balaban J connectivity index is 1.90. The molecule has 1 amide bonds. The van der Waals surface area contributed by atoms with E-state index in [9.17, 15) is 14.7 Å². The van der Waals surface area contributed by atoms with Gasteiger partial charge in [-0.25, -0.2) is 4.98 Å². The number of nitrogens with one attached hydrogen (secondary N) is 1. The zero-order valence-electron chi connectivity index (χ0n) is 14.9. The Labute approximate surface area is 156 Å². The molecule has 2 rings (SSSR count). The van der Waals surface area contributed by atoms with Crippen LogP contribution in [0.15, 0.2) is 23.6 Å². The molecule has 0 aliphatic rings. The van der Waals surface area contributed by atoms with E-state index in [-0.39, 0.29) is 24.9 Å². The molecule has 0 atom stereocenters. The molecule has 2 aromatic rings. The number of benzene rings is 1. The predicted octanol–water partition coefficient (Wildman–Crippen LogP) is 1.09. The third-order valence-electron chi connectivity index (χ3n) is 3.32. The Morgan fingerprint density at radius 3 is 2.69 bits per heavy atom. The van der Waals surface area contributed by atoms with E-state index in [1.807, 2.05) is 32.0 Å². The molecule has 26 heavy (non-hydrogen) atoms. The molecule has 0 saturated carbocycles. The van der Waals surface area contributed by atoms with Crippen LogP contribution in [0.2, 0.25) is 0 Å². The van der Waals surface area contributed by atoms with Gasteiger partial charge in [0.2, 0.25) is 5.91 Å². The van der Waals surface area contributed by atoms with E-state index >= 15 is 0 Å². The van der Waals surface area contributed by atoms with Crippen LogP contribution in [-0.4, -0.2) is 30.1 Å². The molecule has 0 fully saturated rings. The lowest BCUT2D eigenvalue weighted by molar-refractivity contribution is -0.304. The maximum absolute atomic E-state index is 12.1. The third-order valence-corrected chi connectivity index (χ3v) is 4.21. The van der Waals surface area contributed by atoms with Crippen molar-refractivity contribution in [1.82, 2.24) is 10.3 Å². The first kappa shape index (κ1) is 19.7. The first-order valence-corrected chi connectivity index (χ1v) is 8.98. The maximum Gasteiger partial charge on any atom is 0.227 e. The maximum atomic E-state index is 12.1. The van der Waals surface area contributed by atoms with Crippen molar-refractivity contribution in [2.24, 2.45) is 0 Å². The van der Waals surface area contributed by atoms with Gasteiger partial charge < -0.3 is 24.7 Å². The summed E-state index contributed by atoms with van der Waals surface area (Å²) in [7, 11) is 1.57. The fourth-order valence-electron chi connectivity index (χ4n) is 2.23. The van der Waals surface area contributed by atoms with Gasteiger partial charge in [0.25, 0.3) is 0 Å². The Morgan fingerprint density at radius 1 is 1.27 bits per heavy atom. The highest BCUT2D eigenvalue weighted by Crippen LogP contribution is 2.28. The number of carboxylic acid groups (broad SMARTS) is 1. The van der Waals surface area contributed by atoms with Crippen molar-refractivity contribution in [3.8, 4) is 11.5 Å². The van der Waals surface area contributed by atoms with E-state index in [1.165, 1.54) is 11.3 Å². The lowest BCUT2D eigenvalue weighted by Crippen LogP contribution is -2.25. The van der Waals surface area contributed by atoms with Crippen LogP contribution in [-0.2, 0) is 29.0 Å². The molecule has 7 nitrogen and oxygen atoms in total. The number of aromatic nitrogens is 1. The lowest BCUT2D eigenvalue weighted by atomic mass is 10.2. The van der Waals surface area contributed by atoms with Gasteiger partial charge >= 0.3 is 0 Å². The predicted molar refractivity (Wildman–Crippen MR) is 95.1 cm³/mol. The monoisotopic (exact) mass is 377 g/mol. The summed E-state index contributed by atoms with van der Waals surface area (Å²) in [5.41, 5.74) is 1.28. The number of carboxylic acids is 1. The van der Waals surface area contributed by atoms with Crippen LogP contribution >= 0.6 is 11.3 Å². The summed E-state index contributed by atoms with van der Waals surface area (Å²) in [6.45, 7) is 4.21. The average molecular weight is 377 g/mol. The summed E-state index contributed by atoms with van der Waals surface area (Å²) in [6, 6.07) is 5.49. The Hall–Kier alpha value is -2.61. The minimum Gasteiger partial charge on any atom is -0.550 e. The van der Waals surface area contributed by atoms with Crippen LogP contribution < -0.4 is 19.9 Å². The molecule has 8 heteroatoms. The van der Waals surface area contributed by atoms with Gasteiger partial charge in [0.1, 0.15) is 5.01 Å². The summed E-state index contributed by atoms with van der Waals surface area (Å²) >= 11 is 1.26. The molecule has 1 N–H and O–H groups in total. The lowest BCUT2D eigenvalue weighted by Gasteiger charge is -2.14. The Morgan fingerprint density at radius 2 is 2.04 bits per heavy atom. The molecule has 0 saturated heterocycles. The van der Waals surface area contributed by atoms with Crippen molar-refractivity contribution >= 4 is 23.2 Å². The normalized spacial score (nSPS) is 10.6. The number of ether oxygens (including phenoxy) is 2. The van der Waals surface area contributed by atoms with E-state index < -0.39 is 5.97 Å². The summed E-state index contributed by atoms with van der Waals surface area (Å²) in [4.78, 5) is 26.7. The molecule has 0 spiro atoms. The number of carbonyl (C=O) groups is 2. The summed E-state index contributed by atoms with van der Waals surface area (Å²) in [6.07, 6.45) is -0.110. The van der Waals surface area contributed by atoms with Crippen molar-refractivity contribution in [3.05, 3.63) is 39.8 Å². The Kier molecular flexibility index (Phi) is 6.97. The minimum absolute atomic E-state index is 0.0366. The topological polar surface area (TPSA) is 101 Å². The van der Waals surface area contributed by atoms with Crippen LogP contribution in [0.3, 0.4) is 0 Å². The van der Waals surface area contributed by atoms with Gasteiger partial charge in [0.05, 0.1) is 25.3 Å². The molecular weight excluding hydrogens is 356 g/mol. The zero-order valence-corrected chi connectivity index (χ0v) is 15.7. The SMILES string of the molecule is COc1cc(CNC(=O)Cc2nc(CC(=O)[O-])cs2)ccc1OC(C)C. The van der Waals surface area contributed by atoms with Gasteiger partial charge in [-0.2, -0.15) is 0 Å². The second-order valence-electron chi connectivity index (χ2n) is 5.89. The van der Waals surface area contributed by atoms with Gasteiger partial charge in [-0.05, 0) is 31.5 Å². The zero-order chi connectivity index (χ0) is 19.1. The third kappa shape index (κ3) is 6.03. The standard InChI is InChI=1S/C18H22N2O5S/c1-11(2)25-14-5-4-12(6-15(14)24-3)9-19-16(21)8-17-20-13(10-26-17)7-18(22)23/h4-6,10-11H,7-9H2,1-3H3,(H,19,21)(H,22,23)/p-1. The molecule has 0 radical (unpaired) electrons. The van der Waals surface area contributed by atoms with Crippen molar-refractivity contribution in [2.45, 2.75) is 39.3 Å². The summed E-state index contributed by atoms with van der Waals surface area (Å²) in [5.74, 6) is -0.121. The molecule has 0 unspecified atom stereocenters. The number of thiazole rings is 1. The molecule has 0 aliphatic carbocycles. The van der Waals surface area contributed by atoms with Crippen LogP contribution in [0, 0.1) is 0 Å². The Bertz CT molecular complexity index is 773. The average Bonchev–Trinajstić information content (AvgIpc) is 2.99. The highest BCUT2D eigenvalue weighted by atomic mass is 32.1. The van der Waals surface area contributed by atoms with Crippen LogP contribution in [0.4, 0.5) is 0 Å².